The number of alkyl halides is 2. The second kappa shape index (κ2) is 6.11. The first kappa shape index (κ1) is 13.9. The molecule has 2 aromatic carbocycles. The van der Waals surface area contributed by atoms with Crippen LogP contribution in [0.5, 0.6) is 0 Å². The standard InChI is InChI=1S/C15H11F3N2/c16-13-2-1-3-14(12(13)8-19)20-9-10-4-6-11(7-5-10)15(17)18/h1-7,15,20H,9H2. The van der Waals surface area contributed by atoms with Gasteiger partial charge in [0.05, 0.1) is 5.69 Å². The van der Waals surface area contributed by atoms with Gasteiger partial charge in [-0.25, -0.2) is 13.2 Å². The summed E-state index contributed by atoms with van der Waals surface area (Å²) in [7, 11) is 0. The molecule has 2 nitrogen and oxygen atoms in total. The lowest BCUT2D eigenvalue weighted by Crippen LogP contribution is -2.02. The Balaban J connectivity index is 2.09. The van der Waals surface area contributed by atoms with Gasteiger partial charge in [0.25, 0.3) is 6.43 Å². The second-order valence-electron chi connectivity index (χ2n) is 4.17. The number of halogens is 3. The number of nitrogens with zero attached hydrogens (tertiary/aromatic N) is 1. The van der Waals surface area contributed by atoms with Crippen LogP contribution in [0.2, 0.25) is 0 Å². The van der Waals surface area contributed by atoms with Crippen molar-refractivity contribution in [2.24, 2.45) is 0 Å². The first-order valence-electron chi connectivity index (χ1n) is 5.91. The van der Waals surface area contributed by atoms with Gasteiger partial charge in [0.1, 0.15) is 17.4 Å². The molecule has 2 aromatic rings. The molecule has 0 radical (unpaired) electrons. The monoisotopic (exact) mass is 276 g/mol. The molecule has 0 aromatic heterocycles. The predicted octanol–water partition coefficient (Wildman–Crippen LogP) is 4.25. The summed E-state index contributed by atoms with van der Waals surface area (Å²) in [5.74, 6) is -0.592. The van der Waals surface area contributed by atoms with E-state index in [-0.39, 0.29) is 11.1 Å². The molecule has 5 heteroatoms. The Hall–Kier alpha value is -2.48. The molecule has 2 rings (SSSR count). The van der Waals surface area contributed by atoms with Crippen LogP contribution in [0.4, 0.5) is 18.9 Å². The quantitative estimate of drug-likeness (QED) is 0.906. The summed E-state index contributed by atoms with van der Waals surface area (Å²) in [5, 5.41) is 11.8. The molecular weight excluding hydrogens is 265 g/mol. The van der Waals surface area contributed by atoms with Gasteiger partial charge in [-0.15, -0.1) is 0 Å². The fourth-order valence-corrected chi connectivity index (χ4v) is 1.76. The van der Waals surface area contributed by atoms with E-state index in [9.17, 15) is 13.2 Å². The highest BCUT2D eigenvalue weighted by atomic mass is 19.3. The van der Waals surface area contributed by atoms with Crippen LogP contribution in [0.15, 0.2) is 42.5 Å². The molecule has 0 unspecified atom stereocenters. The van der Waals surface area contributed by atoms with Crippen molar-refractivity contribution in [3.63, 3.8) is 0 Å². The van der Waals surface area contributed by atoms with Crippen LogP contribution in [0.1, 0.15) is 23.1 Å². The summed E-state index contributed by atoms with van der Waals surface area (Å²) in [4.78, 5) is 0. The van der Waals surface area contributed by atoms with E-state index in [4.69, 9.17) is 5.26 Å². The molecule has 0 fully saturated rings. The summed E-state index contributed by atoms with van der Waals surface area (Å²) < 4.78 is 38.2. The van der Waals surface area contributed by atoms with Crippen molar-refractivity contribution in [2.45, 2.75) is 13.0 Å². The lowest BCUT2D eigenvalue weighted by atomic mass is 10.1. The van der Waals surface area contributed by atoms with Crippen molar-refractivity contribution < 1.29 is 13.2 Å². The number of rotatable bonds is 4. The smallest absolute Gasteiger partial charge is 0.263 e. The Kier molecular flexibility index (Phi) is 4.26. The molecule has 0 amide bonds. The zero-order valence-electron chi connectivity index (χ0n) is 10.4. The zero-order chi connectivity index (χ0) is 14.5. The van der Waals surface area contributed by atoms with E-state index in [1.165, 1.54) is 24.3 Å². The van der Waals surface area contributed by atoms with Crippen molar-refractivity contribution in [1.82, 2.24) is 0 Å². The highest BCUT2D eigenvalue weighted by molar-refractivity contribution is 5.58. The van der Waals surface area contributed by atoms with Crippen LogP contribution in [0.3, 0.4) is 0 Å². The number of anilines is 1. The molecule has 0 aliphatic rings. The maximum Gasteiger partial charge on any atom is 0.263 e. The number of hydrogen-bond donors (Lipinski definition) is 1. The molecule has 1 N–H and O–H groups in total. The maximum atomic E-state index is 13.4. The Morgan fingerprint density at radius 3 is 2.40 bits per heavy atom. The minimum atomic E-state index is -2.49. The Bertz CT molecular complexity index is 631. The fraction of sp³-hybridized carbons (Fsp3) is 0.133. The van der Waals surface area contributed by atoms with Gasteiger partial charge >= 0.3 is 0 Å². The summed E-state index contributed by atoms with van der Waals surface area (Å²) >= 11 is 0. The summed E-state index contributed by atoms with van der Waals surface area (Å²) in [5.41, 5.74) is 1.04. The summed E-state index contributed by atoms with van der Waals surface area (Å²) in [6.07, 6.45) is -2.49. The van der Waals surface area contributed by atoms with Crippen LogP contribution < -0.4 is 5.32 Å². The van der Waals surface area contributed by atoms with Crippen LogP contribution in [0, 0.1) is 17.1 Å². The van der Waals surface area contributed by atoms with E-state index in [0.717, 1.165) is 5.56 Å². The van der Waals surface area contributed by atoms with Crippen LogP contribution in [0.25, 0.3) is 0 Å². The average molecular weight is 276 g/mol. The maximum absolute atomic E-state index is 13.4. The molecule has 0 saturated carbocycles. The SMILES string of the molecule is N#Cc1c(F)cccc1NCc1ccc(C(F)F)cc1. The van der Waals surface area contributed by atoms with Gasteiger partial charge < -0.3 is 5.32 Å². The largest absolute Gasteiger partial charge is 0.380 e. The predicted molar refractivity (Wildman–Crippen MR) is 69.8 cm³/mol. The van der Waals surface area contributed by atoms with Gasteiger partial charge in [-0.3, -0.25) is 0 Å². The van der Waals surface area contributed by atoms with Crippen LogP contribution in [-0.2, 0) is 6.54 Å². The van der Waals surface area contributed by atoms with E-state index in [1.54, 1.807) is 24.3 Å². The molecule has 20 heavy (non-hydrogen) atoms. The van der Waals surface area contributed by atoms with Gasteiger partial charge in [-0.1, -0.05) is 30.3 Å². The average Bonchev–Trinajstić information content (AvgIpc) is 2.45. The van der Waals surface area contributed by atoms with E-state index in [2.05, 4.69) is 5.32 Å². The van der Waals surface area contributed by atoms with Crippen molar-refractivity contribution in [3.05, 3.63) is 65.0 Å². The van der Waals surface area contributed by atoms with Gasteiger partial charge in [-0.05, 0) is 17.7 Å². The minimum Gasteiger partial charge on any atom is -0.380 e. The van der Waals surface area contributed by atoms with Crippen LogP contribution >= 0.6 is 0 Å². The fourth-order valence-electron chi connectivity index (χ4n) is 1.76. The highest BCUT2D eigenvalue weighted by Crippen LogP contribution is 2.21. The lowest BCUT2D eigenvalue weighted by Gasteiger charge is -2.09. The minimum absolute atomic E-state index is 0.0442. The zero-order valence-corrected chi connectivity index (χ0v) is 10.4. The molecule has 0 bridgehead atoms. The Morgan fingerprint density at radius 2 is 1.80 bits per heavy atom. The number of hydrogen-bond acceptors (Lipinski definition) is 2. The molecule has 0 saturated heterocycles. The van der Waals surface area contributed by atoms with E-state index in [1.807, 2.05) is 0 Å². The first-order chi connectivity index (χ1) is 9.61. The molecule has 0 aliphatic carbocycles. The van der Waals surface area contributed by atoms with Gasteiger partial charge in [-0.2, -0.15) is 5.26 Å². The van der Waals surface area contributed by atoms with Crippen molar-refractivity contribution in [2.75, 3.05) is 5.32 Å². The molecular formula is C15H11F3N2. The molecule has 0 aliphatic heterocycles. The summed E-state index contributed by atoms with van der Waals surface area (Å²) in [6.45, 7) is 0.321. The van der Waals surface area contributed by atoms with Gasteiger partial charge in [0.2, 0.25) is 0 Å². The lowest BCUT2D eigenvalue weighted by molar-refractivity contribution is 0.151. The van der Waals surface area contributed by atoms with Crippen molar-refractivity contribution >= 4 is 5.69 Å². The number of nitriles is 1. The van der Waals surface area contributed by atoms with Gasteiger partial charge in [0.15, 0.2) is 0 Å². The number of nitrogens with one attached hydrogen (secondary N) is 1. The normalized spacial score (nSPS) is 10.3. The Labute approximate surface area is 114 Å². The molecule has 0 atom stereocenters. The van der Waals surface area contributed by atoms with Crippen molar-refractivity contribution in [3.8, 4) is 6.07 Å². The molecule has 0 spiro atoms. The third-order valence-electron chi connectivity index (χ3n) is 2.84. The third kappa shape index (κ3) is 3.09. The van der Waals surface area contributed by atoms with E-state index >= 15 is 0 Å². The topological polar surface area (TPSA) is 35.8 Å². The summed E-state index contributed by atoms with van der Waals surface area (Å²) in [6, 6.07) is 11.9. The Morgan fingerprint density at radius 1 is 1.10 bits per heavy atom. The van der Waals surface area contributed by atoms with E-state index in [0.29, 0.717) is 12.2 Å². The van der Waals surface area contributed by atoms with Gasteiger partial charge in [0, 0.05) is 12.1 Å². The number of benzene rings is 2. The molecule has 102 valence electrons. The second-order valence-corrected chi connectivity index (χ2v) is 4.17. The third-order valence-corrected chi connectivity index (χ3v) is 2.84. The van der Waals surface area contributed by atoms with E-state index < -0.39 is 12.2 Å². The van der Waals surface area contributed by atoms with Crippen molar-refractivity contribution in [1.29, 1.82) is 5.26 Å². The first-order valence-corrected chi connectivity index (χ1v) is 5.91. The van der Waals surface area contributed by atoms with Crippen LogP contribution in [-0.4, -0.2) is 0 Å². The highest BCUT2D eigenvalue weighted by Gasteiger charge is 2.08. The molecule has 0 heterocycles.